The molecule has 1 aromatic heterocycles. The Labute approximate surface area is 274 Å². The molecule has 2 heteroatoms. The van der Waals surface area contributed by atoms with Crippen molar-refractivity contribution in [3.05, 3.63) is 176 Å². The van der Waals surface area contributed by atoms with E-state index in [0.717, 1.165) is 12.0 Å². The van der Waals surface area contributed by atoms with Gasteiger partial charge in [-0.05, 0) is 103 Å². The number of allylic oxidation sites excluding steroid dienone is 9. The summed E-state index contributed by atoms with van der Waals surface area (Å²) in [4.78, 5) is 0. The third-order valence-electron chi connectivity index (χ3n) is 10.2. The van der Waals surface area contributed by atoms with Crippen molar-refractivity contribution in [2.24, 2.45) is 0 Å². The van der Waals surface area contributed by atoms with Gasteiger partial charge in [-0.25, -0.2) is 0 Å². The Morgan fingerprint density at radius 2 is 1.19 bits per heavy atom. The van der Waals surface area contributed by atoms with Gasteiger partial charge in [0.1, 0.15) is 0 Å². The number of aromatic nitrogens is 1. The summed E-state index contributed by atoms with van der Waals surface area (Å²) in [5.74, 6) is 0. The first-order valence-electron chi connectivity index (χ1n) is 16.5. The summed E-state index contributed by atoms with van der Waals surface area (Å²) in [5, 5.41) is 5.14. The second-order valence-electron chi connectivity index (χ2n) is 12.9. The molecule has 1 aliphatic carbocycles. The molecule has 0 spiro atoms. The molecule has 2 aliphatic heterocycles. The van der Waals surface area contributed by atoms with Gasteiger partial charge >= 0.3 is 6.85 Å². The summed E-state index contributed by atoms with van der Waals surface area (Å²) < 4.78 is 2.65. The van der Waals surface area contributed by atoms with Crippen molar-refractivity contribution in [1.29, 1.82) is 0 Å². The Morgan fingerprint density at radius 1 is 0.532 bits per heavy atom. The minimum Gasteiger partial charge on any atom is -0.375 e. The first-order valence-corrected chi connectivity index (χ1v) is 16.5. The lowest BCUT2D eigenvalue weighted by Gasteiger charge is -2.32. The molecule has 3 heterocycles. The Morgan fingerprint density at radius 3 is 1.96 bits per heavy atom. The smallest absolute Gasteiger partial charge is 0.329 e. The number of hydrogen-bond acceptors (Lipinski definition) is 0. The highest BCUT2D eigenvalue weighted by Crippen LogP contribution is 2.47. The fourth-order valence-electron chi connectivity index (χ4n) is 8.17. The molecule has 7 aromatic rings. The lowest BCUT2D eigenvalue weighted by Crippen LogP contribution is -2.53. The monoisotopic (exact) mass is 595 g/mol. The van der Waals surface area contributed by atoms with E-state index in [9.17, 15) is 0 Å². The van der Waals surface area contributed by atoms with Crippen LogP contribution in [0.4, 0.5) is 0 Å². The highest BCUT2D eigenvalue weighted by atomic mass is 14.9. The van der Waals surface area contributed by atoms with Crippen LogP contribution in [0.5, 0.6) is 0 Å². The standard InChI is InChI=1S/C45H30BN/c1-29-13-5-3-2-4-6-15-31(23-29)34-25-38-36-17-9-11-19-42(36)46-43-20-12-10-18-37(43)39-26-35(28-41-40(27-34)44(38)47(46)45(39)41)33-22-21-30-14-7-8-16-32(30)24-33/h2-3,5-28H,1,4H2/b3-2-,13-5-,15-6-,31-23+. The predicted octanol–water partition coefficient (Wildman–Crippen LogP) is 10.2. The Hall–Kier alpha value is -5.86. The van der Waals surface area contributed by atoms with Crippen LogP contribution in [0.3, 0.4) is 0 Å². The summed E-state index contributed by atoms with van der Waals surface area (Å²) >= 11 is 0. The van der Waals surface area contributed by atoms with Gasteiger partial charge in [-0.3, -0.25) is 0 Å². The molecular formula is C45H30BN. The maximum absolute atomic E-state index is 4.35. The zero-order valence-electron chi connectivity index (χ0n) is 25.9. The van der Waals surface area contributed by atoms with Crippen LogP contribution in [0.1, 0.15) is 12.0 Å². The van der Waals surface area contributed by atoms with Crippen molar-refractivity contribution < 1.29 is 0 Å². The van der Waals surface area contributed by atoms with Crippen LogP contribution in [0, 0.1) is 0 Å². The second kappa shape index (κ2) is 10.1. The van der Waals surface area contributed by atoms with Crippen LogP contribution in [0.25, 0.3) is 71.5 Å². The molecule has 0 amide bonds. The predicted molar refractivity (Wildman–Crippen MR) is 203 cm³/mol. The minimum atomic E-state index is 0.129. The van der Waals surface area contributed by atoms with Gasteiger partial charge in [-0.2, -0.15) is 0 Å². The zero-order chi connectivity index (χ0) is 31.1. The summed E-state index contributed by atoms with van der Waals surface area (Å²) in [7, 11) is 0. The molecule has 0 N–H and O–H groups in total. The van der Waals surface area contributed by atoms with Crippen molar-refractivity contribution in [3.63, 3.8) is 0 Å². The normalized spacial score (nSPS) is 17.7. The van der Waals surface area contributed by atoms with Crippen LogP contribution >= 0.6 is 0 Å². The second-order valence-corrected chi connectivity index (χ2v) is 12.9. The van der Waals surface area contributed by atoms with E-state index >= 15 is 0 Å². The molecule has 218 valence electrons. The molecule has 0 bridgehead atoms. The molecule has 10 rings (SSSR count). The van der Waals surface area contributed by atoms with Gasteiger partial charge in [0.05, 0.1) is 0 Å². The third kappa shape index (κ3) is 3.92. The molecule has 6 aromatic carbocycles. The Balaban J connectivity index is 1.34. The highest BCUT2D eigenvalue weighted by Gasteiger charge is 2.39. The average molecular weight is 596 g/mol. The summed E-state index contributed by atoms with van der Waals surface area (Å²) in [6, 6.07) is 43.3. The van der Waals surface area contributed by atoms with Crippen molar-refractivity contribution in [3.8, 4) is 33.4 Å². The summed E-state index contributed by atoms with van der Waals surface area (Å²) in [6.07, 6.45) is 16.1. The van der Waals surface area contributed by atoms with E-state index in [2.05, 4.69) is 169 Å². The van der Waals surface area contributed by atoms with E-state index in [1.165, 1.54) is 88.0 Å². The number of nitrogens with zero attached hydrogens (tertiary/aromatic N) is 1. The van der Waals surface area contributed by atoms with E-state index in [0.29, 0.717) is 0 Å². The van der Waals surface area contributed by atoms with E-state index in [1.54, 1.807) is 0 Å². The molecule has 0 unspecified atom stereocenters. The first-order chi connectivity index (χ1) is 23.2. The number of rotatable bonds is 2. The molecule has 1 nitrogen and oxygen atoms in total. The van der Waals surface area contributed by atoms with E-state index in [1.807, 2.05) is 0 Å². The average Bonchev–Trinajstić information content (AvgIpc) is 3.45. The minimum absolute atomic E-state index is 0.129. The molecule has 0 atom stereocenters. The van der Waals surface area contributed by atoms with Gasteiger partial charge in [0.2, 0.25) is 0 Å². The lowest BCUT2D eigenvalue weighted by molar-refractivity contribution is 1.31. The maximum Gasteiger partial charge on any atom is 0.329 e. The molecule has 0 saturated heterocycles. The fraction of sp³-hybridized carbons (Fsp3) is 0.0222. The topological polar surface area (TPSA) is 4.93 Å². The molecule has 0 radical (unpaired) electrons. The zero-order valence-corrected chi connectivity index (χ0v) is 25.9. The van der Waals surface area contributed by atoms with Crippen molar-refractivity contribution in [2.75, 3.05) is 0 Å². The van der Waals surface area contributed by atoms with Gasteiger partial charge in [-0.15, -0.1) is 0 Å². The van der Waals surface area contributed by atoms with Crippen LogP contribution in [-0.2, 0) is 0 Å². The SMILES string of the molecule is C=C1/C=C\C=C/C/C=C\C(c2cc3c4c(c2)c2cc(-c5ccc6ccccc6c5)cc5c2n4B(c2ccccc2-3)c2ccccc2-5)=C/1. The number of hydrogen-bond donors (Lipinski definition) is 0. The molecule has 0 fully saturated rings. The largest absolute Gasteiger partial charge is 0.375 e. The van der Waals surface area contributed by atoms with Gasteiger partial charge < -0.3 is 4.48 Å². The Bertz CT molecular complexity index is 2620. The molecular weight excluding hydrogens is 565 g/mol. The molecule has 0 saturated carbocycles. The Kier molecular flexibility index (Phi) is 5.65. The lowest BCUT2D eigenvalue weighted by atomic mass is 9.45. The van der Waals surface area contributed by atoms with Crippen molar-refractivity contribution in [2.45, 2.75) is 6.42 Å². The van der Waals surface area contributed by atoms with Gasteiger partial charge in [0.25, 0.3) is 0 Å². The van der Waals surface area contributed by atoms with Gasteiger partial charge in [0, 0.05) is 32.9 Å². The van der Waals surface area contributed by atoms with E-state index in [-0.39, 0.29) is 6.85 Å². The quantitative estimate of drug-likeness (QED) is 0.175. The third-order valence-corrected chi connectivity index (χ3v) is 10.2. The van der Waals surface area contributed by atoms with Crippen LogP contribution in [0.15, 0.2) is 170 Å². The van der Waals surface area contributed by atoms with Crippen molar-refractivity contribution >= 4 is 55.9 Å². The molecule has 3 aliphatic rings. The van der Waals surface area contributed by atoms with Gasteiger partial charge in [-0.1, -0.05) is 128 Å². The number of benzene rings is 6. The summed E-state index contributed by atoms with van der Waals surface area (Å²) in [5.41, 5.74) is 16.5. The molecule has 47 heavy (non-hydrogen) atoms. The highest BCUT2D eigenvalue weighted by molar-refractivity contribution is 6.88. The summed E-state index contributed by atoms with van der Waals surface area (Å²) in [6.45, 7) is 4.48. The van der Waals surface area contributed by atoms with Crippen LogP contribution < -0.4 is 10.9 Å². The maximum atomic E-state index is 4.35. The first kappa shape index (κ1) is 26.4. The van der Waals surface area contributed by atoms with E-state index in [4.69, 9.17) is 0 Å². The van der Waals surface area contributed by atoms with Crippen molar-refractivity contribution in [1.82, 2.24) is 4.48 Å². The van der Waals surface area contributed by atoms with Gasteiger partial charge in [0.15, 0.2) is 0 Å². The van der Waals surface area contributed by atoms with Crippen LogP contribution in [-0.4, -0.2) is 11.3 Å². The van der Waals surface area contributed by atoms with Crippen LogP contribution in [0.2, 0.25) is 0 Å². The fourth-order valence-corrected chi connectivity index (χ4v) is 8.17. The number of fused-ring (bicyclic) bond motifs is 8. The van der Waals surface area contributed by atoms with E-state index < -0.39 is 0 Å².